The average Bonchev–Trinajstić information content (AvgIpc) is 3.18. The molecular formula is C14H14N8O3. The summed E-state index contributed by atoms with van der Waals surface area (Å²) in [7, 11) is 0. The van der Waals surface area contributed by atoms with Gasteiger partial charge in [-0.15, -0.1) is 5.10 Å². The lowest BCUT2D eigenvalue weighted by Gasteiger charge is -2.03. The van der Waals surface area contributed by atoms with Gasteiger partial charge < -0.3 is 10.8 Å². The minimum atomic E-state index is -0.549. The number of nitrogens with one attached hydrogen (secondary N) is 1. The zero-order chi connectivity index (χ0) is 18.0. The van der Waals surface area contributed by atoms with Gasteiger partial charge in [-0.25, -0.2) is 10.1 Å². The first-order chi connectivity index (χ1) is 12.0. The van der Waals surface area contributed by atoms with Gasteiger partial charge in [-0.3, -0.25) is 4.79 Å². The summed E-state index contributed by atoms with van der Waals surface area (Å²) in [5.41, 5.74) is 9.53. The van der Waals surface area contributed by atoms with Crippen LogP contribution in [0.4, 0.5) is 5.82 Å². The van der Waals surface area contributed by atoms with E-state index in [0.29, 0.717) is 17.1 Å². The molecule has 0 aliphatic rings. The number of amides is 1. The Morgan fingerprint density at radius 1 is 1.36 bits per heavy atom. The molecule has 0 saturated carbocycles. The van der Waals surface area contributed by atoms with Crippen LogP contribution in [0, 0.1) is 6.92 Å². The largest absolute Gasteiger partial charge is 0.507 e. The number of hydrazone groups is 1. The maximum atomic E-state index is 12.1. The number of nitrogens with two attached hydrogens (primary N) is 1. The van der Waals surface area contributed by atoms with Crippen LogP contribution < -0.4 is 11.2 Å². The Morgan fingerprint density at radius 2 is 2.12 bits per heavy atom. The van der Waals surface area contributed by atoms with Gasteiger partial charge in [-0.2, -0.15) is 9.78 Å². The third kappa shape index (κ3) is 3.02. The summed E-state index contributed by atoms with van der Waals surface area (Å²) in [6, 6.07) is 6.15. The van der Waals surface area contributed by atoms with Crippen molar-refractivity contribution in [3.8, 4) is 11.6 Å². The first-order valence-corrected chi connectivity index (χ1v) is 7.12. The number of hydrogen-bond acceptors (Lipinski definition) is 9. The Kier molecular flexibility index (Phi) is 4.12. The van der Waals surface area contributed by atoms with E-state index in [0.717, 1.165) is 0 Å². The van der Waals surface area contributed by atoms with Gasteiger partial charge in [-0.05, 0) is 36.3 Å². The molecule has 11 nitrogen and oxygen atoms in total. The van der Waals surface area contributed by atoms with E-state index in [9.17, 15) is 9.90 Å². The second kappa shape index (κ2) is 6.39. The average molecular weight is 342 g/mol. The molecule has 0 spiro atoms. The second-order valence-electron chi connectivity index (χ2n) is 5.06. The van der Waals surface area contributed by atoms with Crippen molar-refractivity contribution in [1.29, 1.82) is 0 Å². The van der Waals surface area contributed by atoms with Gasteiger partial charge in [0.1, 0.15) is 11.4 Å². The molecule has 0 bridgehead atoms. The molecule has 1 aromatic carbocycles. The van der Waals surface area contributed by atoms with Crippen LogP contribution >= 0.6 is 0 Å². The van der Waals surface area contributed by atoms with Crippen LogP contribution in [0.3, 0.4) is 0 Å². The van der Waals surface area contributed by atoms with E-state index in [2.05, 4.69) is 35.8 Å². The summed E-state index contributed by atoms with van der Waals surface area (Å²) in [5, 5.41) is 28.7. The number of rotatable bonds is 4. The van der Waals surface area contributed by atoms with Crippen LogP contribution in [0.15, 0.2) is 34.0 Å². The van der Waals surface area contributed by atoms with Crippen LogP contribution in [0.25, 0.3) is 5.82 Å². The monoisotopic (exact) mass is 342 g/mol. The van der Waals surface area contributed by atoms with E-state index in [4.69, 9.17) is 5.73 Å². The number of aromatic nitrogens is 5. The van der Waals surface area contributed by atoms with Gasteiger partial charge in [0.05, 0.1) is 17.0 Å². The quantitative estimate of drug-likeness (QED) is 0.454. The number of nitrogens with zero attached hydrogens (tertiary/aromatic N) is 6. The smallest absolute Gasteiger partial charge is 0.275 e. The number of benzene rings is 1. The van der Waals surface area contributed by atoms with E-state index >= 15 is 0 Å². The number of anilines is 1. The molecule has 2 aromatic heterocycles. The fourth-order valence-corrected chi connectivity index (χ4v) is 2.12. The predicted molar refractivity (Wildman–Crippen MR) is 86.1 cm³/mol. The van der Waals surface area contributed by atoms with E-state index in [-0.39, 0.29) is 22.9 Å². The number of carbonyl (C=O) groups is 1. The molecule has 0 unspecified atom stereocenters. The molecule has 0 atom stereocenters. The van der Waals surface area contributed by atoms with Crippen LogP contribution in [0.5, 0.6) is 5.75 Å². The van der Waals surface area contributed by atoms with Gasteiger partial charge in [0, 0.05) is 0 Å². The molecule has 3 rings (SSSR count). The van der Waals surface area contributed by atoms with E-state index in [1.165, 1.54) is 16.8 Å². The molecule has 0 aliphatic heterocycles. The predicted octanol–water partition coefficient (Wildman–Crippen LogP) is 0.401. The molecule has 0 aliphatic carbocycles. The van der Waals surface area contributed by atoms with E-state index < -0.39 is 5.91 Å². The van der Waals surface area contributed by atoms with Crippen LogP contribution in [0.2, 0.25) is 0 Å². The van der Waals surface area contributed by atoms with Crippen molar-refractivity contribution in [1.82, 2.24) is 30.7 Å². The van der Waals surface area contributed by atoms with Crippen molar-refractivity contribution in [2.75, 3.05) is 5.73 Å². The van der Waals surface area contributed by atoms with Crippen molar-refractivity contribution in [3.05, 3.63) is 41.2 Å². The topological polar surface area (TPSA) is 157 Å². The number of aromatic hydroxyl groups is 1. The minimum absolute atomic E-state index is 0.0713. The Balaban J connectivity index is 1.82. The molecule has 3 aromatic rings. The lowest BCUT2D eigenvalue weighted by molar-refractivity contribution is 0.0952. The molecule has 1 amide bonds. The lowest BCUT2D eigenvalue weighted by Crippen LogP contribution is -2.19. The number of para-hydroxylation sites is 1. The Labute approximate surface area is 141 Å². The van der Waals surface area contributed by atoms with Crippen molar-refractivity contribution < 1.29 is 14.5 Å². The summed E-state index contributed by atoms with van der Waals surface area (Å²) < 4.78 is 5.89. The van der Waals surface area contributed by atoms with Crippen LogP contribution in [0.1, 0.15) is 28.7 Å². The first-order valence-electron chi connectivity index (χ1n) is 7.12. The highest BCUT2D eigenvalue weighted by atomic mass is 16.6. The zero-order valence-corrected chi connectivity index (χ0v) is 13.3. The minimum Gasteiger partial charge on any atom is -0.507 e. The summed E-state index contributed by atoms with van der Waals surface area (Å²) in [5.74, 6) is -0.402. The van der Waals surface area contributed by atoms with Crippen LogP contribution in [-0.2, 0) is 0 Å². The highest BCUT2D eigenvalue weighted by molar-refractivity contribution is 6.01. The molecule has 0 radical (unpaired) electrons. The van der Waals surface area contributed by atoms with Crippen LogP contribution in [-0.4, -0.2) is 42.0 Å². The second-order valence-corrected chi connectivity index (χ2v) is 5.06. The number of nitrogen functional groups attached to an aromatic ring is 1. The standard InChI is InChI=1S/C14H14N8O3/c1-7(16-18-14(24)9-5-3-4-6-10(9)23)11-8(2)22(21-17-11)13-12(15)19-25-20-13/h3-6,23H,1-2H3,(H2,15,19)(H,18,24)/b16-7-. The van der Waals surface area contributed by atoms with Gasteiger partial charge in [-0.1, -0.05) is 17.3 Å². The SMILES string of the molecule is C/C(=N/NC(=O)c1ccccc1O)c1nnn(-c2nonc2N)c1C. The van der Waals surface area contributed by atoms with Gasteiger partial charge in [0.15, 0.2) is 0 Å². The number of phenolic OH excluding ortho intramolecular Hbond substituents is 1. The van der Waals surface area contributed by atoms with Crippen molar-refractivity contribution in [2.45, 2.75) is 13.8 Å². The first kappa shape index (κ1) is 16.1. The third-order valence-electron chi connectivity index (χ3n) is 3.41. The Morgan fingerprint density at radius 3 is 2.80 bits per heavy atom. The molecule has 128 valence electrons. The molecule has 0 saturated heterocycles. The highest BCUT2D eigenvalue weighted by Crippen LogP contribution is 2.16. The summed E-state index contributed by atoms with van der Waals surface area (Å²) in [4.78, 5) is 12.1. The van der Waals surface area contributed by atoms with E-state index in [1.54, 1.807) is 26.0 Å². The lowest BCUT2D eigenvalue weighted by atomic mass is 10.2. The molecule has 11 heteroatoms. The maximum Gasteiger partial charge on any atom is 0.275 e. The third-order valence-corrected chi connectivity index (χ3v) is 3.41. The van der Waals surface area contributed by atoms with Gasteiger partial charge >= 0.3 is 0 Å². The van der Waals surface area contributed by atoms with Crippen molar-refractivity contribution >= 4 is 17.4 Å². The summed E-state index contributed by atoms with van der Waals surface area (Å²) in [6.45, 7) is 3.38. The Hall–Kier alpha value is -3.76. The van der Waals surface area contributed by atoms with Gasteiger partial charge in [0.25, 0.3) is 5.91 Å². The van der Waals surface area contributed by atoms with E-state index in [1.807, 2.05) is 0 Å². The maximum absolute atomic E-state index is 12.1. The fourth-order valence-electron chi connectivity index (χ4n) is 2.12. The molecule has 4 N–H and O–H groups in total. The molecule has 0 fully saturated rings. The number of carbonyl (C=O) groups excluding carboxylic acids is 1. The highest BCUT2D eigenvalue weighted by Gasteiger charge is 2.18. The summed E-state index contributed by atoms with van der Waals surface area (Å²) >= 11 is 0. The normalized spacial score (nSPS) is 11.5. The fraction of sp³-hybridized carbons (Fsp3) is 0.143. The summed E-state index contributed by atoms with van der Waals surface area (Å²) in [6.07, 6.45) is 0. The van der Waals surface area contributed by atoms with Crippen molar-refractivity contribution in [3.63, 3.8) is 0 Å². The zero-order valence-electron chi connectivity index (χ0n) is 13.3. The Bertz CT molecular complexity index is 959. The molecule has 25 heavy (non-hydrogen) atoms. The number of phenols is 1. The van der Waals surface area contributed by atoms with Gasteiger partial charge in [0.2, 0.25) is 11.6 Å². The van der Waals surface area contributed by atoms with Crippen molar-refractivity contribution in [2.24, 2.45) is 5.10 Å². The molecule has 2 heterocycles. The molecular weight excluding hydrogens is 328 g/mol. The number of hydrogen-bond donors (Lipinski definition) is 3.